The Hall–Kier alpha value is -2.25. The molecule has 1 aromatic carbocycles. The predicted octanol–water partition coefficient (Wildman–Crippen LogP) is 2.98. The van der Waals surface area contributed by atoms with Gasteiger partial charge in [0.05, 0.1) is 5.56 Å². The monoisotopic (exact) mass is 317 g/mol. The number of amides is 1. The molecule has 0 spiro atoms. The highest BCUT2D eigenvalue weighted by Gasteiger charge is 2.29. The van der Waals surface area contributed by atoms with Gasteiger partial charge >= 0.3 is 6.18 Å². The van der Waals surface area contributed by atoms with Crippen LogP contribution in [0.15, 0.2) is 29.4 Å². The minimum absolute atomic E-state index is 0.237. The number of anilines is 1. The van der Waals surface area contributed by atoms with E-state index in [-0.39, 0.29) is 18.1 Å². The van der Waals surface area contributed by atoms with E-state index >= 15 is 0 Å². The highest BCUT2D eigenvalue weighted by atomic mass is 19.4. The molecule has 1 amide bonds. The molecule has 122 valence electrons. The maximum absolute atomic E-state index is 12.4. The molecule has 0 aliphatic carbocycles. The van der Waals surface area contributed by atoms with E-state index in [9.17, 15) is 18.0 Å². The smallest absolute Gasteiger partial charge is 0.384 e. The zero-order chi connectivity index (χ0) is 16.8. The Morgan fingerprint density at radius 2 is 1.91 bits per heavy atom. The van der Waals surface area contributed by atoms with E-state index < -0.39 is 17.6 Å². The standard InChI is InChI=1S/C14H18F3N3O2/c1-9(2)7-12(18)20-22-8-13(21)19-11-5-3-10(4-6-11)14(15,16)17/h3-6,9H,7-8H2,1-2H3,(H2,18,20)(H,19,21). The number of nitrogens with one attached hydrogen (secondary N) is 1. The van der Waals surface area contributed by atoms with E-state index in [1.165, 1.54) is 0 Å². The number of nitrogens with zero attached hydrogens (tertiary/aromatic N) is 1. The number of hydrogen-bond donors (Lipinski definition) is 2. The molecule has 0 unspecified atom stereocenters. The third-order valence-corrected chi connectivity index (χ3v) is 2.49. The first-order chi connectivity index (χ1) is 10.2. The van der Waals surface area contributed by atoms with Crippen molar-refractivity contribution in [2.75, 3.05) is 11.9 Å². The zero-order valence-electron chi connectivity index (χ0n) is 12.3. The number of alkyl halides is 3. The van der Waals surface area contributed by atoms with Gasteiger partial charge in [0.1, 0.15) is 5.84 Å². The van der Waals surface area contributed by atoms with Crippen molar-refractivity contribution in [3.63, 3.8) is 0 Å². The van der Waals surface area contributed by atoms with Crippen LogP contribution in [0.5, 0.6) is 0 Å². The lowest BCUT2D eigenvalue weighted by Crippen LogP contribution is -2.19. The fraction of sp³-hybridized carbons (Fsp3) is 0.429. The Bertz CT molecular complexity index is 525. The van der Waals surface area contributed by atoms with Crippen molar-refractivity contribution >= 4 is 17.4 Å². The summed E-state index contributed by atoms with van der Waals surface area (Å²) in [7, 11) is 0. The highest BCUT2D eigenvalue weighted by Crippen LogP contribution is 2.29. The molecule has 3 N–H and O–H groups in total. The Kier molecular flexibility index (Phi) is 6.21. The second-order valence-electron chi connectivity index (χ2n) is 5.08. The Morgan fingerprint density at radius 3 is 2.41 bits per heavy atom. The van der Waals surface area contributed by atoms with E-state index in [1.807, 2.05) is 13.8 Å². The van der Waals surface area contributed by atoms with Gasteiger partial charge < -0.3 is 15.9 Å². The second kappa shape index (κ2) is 7.67. The molecule has 0 aliphatic heterocycles. The maximum atomic E-state index is 12.4. The molecule has 0 saturated carbocycles. The van der Waals surface area contributed by atoms with Gasteiger partial charge in [-0.15, -0.1) is 0 Å². The fourth-order valence-electron chi connectivity index (χ4n) is 1.57. The van der Waals surface area contributed by atoms with Crippen LogP contribution >= 0.6 is 0 Å². The molecule has 0 heterocycles. The molecule has 22 heavy (non-hydrogen) atoms. The van der Waals surface area contributed by atoms with Crippen molar-refractivity contribution in [1.82, 2.24) is 0 Å². The molecule has 0 saturated heterocycles. The van der Waals surface area contributed by atoms with Crippen molar-refractivity contribution in [2.24, 2.45) is 16.8 Å². The number of nitrogens with two attached hydrogens (primary N) is 1. The van der Waals surface area contributed by atoms with Gasteiger partial charge in [-0.25, -0.2) is 0 Å². The van der Waals surface area contributed by atoms with E-state index in [0.717, 1.165) is 24.3 Å². The molecule has 0 fully saturated rings. The Labute approximate surface area is 126 Å². The average molecular weight is 317 g/mol. The number of benzene rings is 1. The molecule has 0 atom stereocenters. The van der Waals surface area contributed by atoms with Crippen molar-refractivity contribution < 1.29 is 22.8 Å². The first kappa shape index (κ1) is 17.8. The van der Waals surface area contributed by atoms with Crippen LogP contribution in [0.3, 0.4) is 0 Å². The zero-order valence-corrected chi connectivity index (χ0v) is 12.3. The average Bonchev–Trinajstić information content (AvgIpc) is 2.37. The summed E-state index contributed by atoms with van der Waals surface area (Å²) in [6, 6.07) is 4.10. The van der Waals surface area contributed by atoms with Crippen LogP contribution in [0.1, 0.15) is 25.8 Å². The lowest BCUT2D eigenvalue weighted by Gasteiger charge is -2.08. The largest absolute Gasteiger partial charge is 0.416 e. The number of amidine groups is 1. The molecule has 0 aliphatic rings. The lowest BCUT2D eigenvalue weighted by atomic mass is 10.1. The van der Waals surface area contributed by atoms with Gasteiger partial charge in [-0.2, -0.15) is 13.2 Å². The van der Waals surface area contributed by atoms with Crippen molar-refractivity contribution in [2.45, 2.75) is 26.4 Å². The third-order valence-electron chi connectivity index (χ3n) is 2.49. The minimum Gasteiger partial charge on any atom is -0.384 e. The minimum atomic E-state index is -4.41. The molecule has 1 rings (SSSR count). The maximum Gasteiger partial charge on any atom is 0.416 e. The molecule has 5 nitrogen and oxygen atoms in total. The van der Waals surface area contributed by atoms with Gasteiger partial charge in [0.15, 0.2) is 6.61 Å². The SMILES string of the molecule is CC(C)CC(N)=NOCC(=O)Nc1ccc(C(F)(F)F)cc1. The summed E-state index contributed by atoms with van der Waals surface area (Å²) >= 11 is 0. The van der Waals surface area contributed by atoms with Crippen LogP contribution < -0.4 is 11.1 Å². The number of halogens is 3. The fourth-order valence-corrected chi connectivity index (χ4v) is 1.57. The normalized spacial score (nSPS) is 12.4. The van der Waals surface area contributed by atoms with Gasteiger partial charge in [0, 0.05) is 12.1 Å². The number of hydrogen-bond acceptors (Lipinski definition) is 3. The molecular formula is C14H18F3N3O2. The van der Waals surface area contributed by atoms with Crippen molar-refractivity contribution in [3.05, 3.63) is 29.8 Å². The summed E-state index contributed by atoms with van der Waals surface area (Å²) in [6.07, 6.45) is -3.87. The molecule has 8 heteroatoms. The van der Waals surface area contributed by atoms with Crippen LogP contribution in [0.2, 0.25) is 0 Å². The molecule has 0 aromatic heterocycles. The molecule has 0 radical (unpaired) electrons. The Morgan fingerprint density at radius 1 is 1.32 bits per heavy atom. The van der Waals surface area contributed by atoms with E-state index in [4.69, 9.17) is 10.6 Å². The van der Waals surface area contributed by atoms with Crippen LogP contribution in [0.4, 0.5) is 18.9 Å². The van der Waals surface area contributed by atoms with Crippen LogP contribution in [-0.4, -0.2) is 18.3 Å². The second-order valence-corrected chi connectivity index (χ2v) is 5.08. The molecule has 0 bridgehead atoms. The van der Waals surface area contributed by atoms with Gasteiger partial charge in [-0.1, -0.05) is 19.0 Å². The third kappa shape index (κ3) is 6.47. The summed E-state index contributed by atoms with van der Waals surface area (Å²) in [5.74, 6) is 0.0477. The summed E-state index contributed by atoms with van der Waals surface area (Å²) in [4.78, 5) is 16.3. The lowest BCUT2D eigenvalue weighted by molar-refractivity contribution is -0.137. The number of oxime groups is 1. The van der Waals surface area contributed by atoms with Gasteiger partial charge in [-0.05, 0) is 30.2 Å². The summed E-state index contributed by atoms with van der Waals surface area (Å²) in [5, 5.41) is 5.97. The van der Waals surface area contributed by atoms with E-state index in [2.05, 4.69) is 10.5 Å². The highest BCUT2D eigenvalue weighted by molar-refractivity contribution is 5.91. The topological polar surface area (TPSA) is 76.7 Å². The Balaban J connectivity index is 2.46. The number of carbonyl (C=O) groups is 1. The molecule has 1 aromatic rings. The van der Waals surface area contributed by atoms with Crippen molar-refractivity contribution in [1.29, 1.82) is 0 Å². The number of carbonyl (C=O) groups excluding carboxylic acids is 1. The number of rotatable bonds is 6. The van der Waals surface area contributed by atoms with Crippen molar-refractivity contribution in [3.8, 4) is 0 Å². The van der Waals surface area contributed by atoms with Gasteiger partial charge in [0.25, 0.3) is 5.91 Å². The van der Waals surface area contributed by atoms with Gasteiger partial charge in [0.2, 0.25) is 0 Å². The quantitative estimate of drug-likeness (QED) is 0.481. The van der Waals surface area contributed by atoms with Crippen LogP contribution in [0, 0.1) is 5.92 Å². The van der Waals surface area contributed by atoms with E-state index in [0.29, 0.717) is 12.3 Å². The molecular weight excluding hydrogens is 299 g/mol. The first-order valence-corrected chi connectivity index (χ1v) is 6.60. The first-order valence-electron chi connectivity index (χ1n) is 6.60. The summed E-state index contributed by atoms with van der Waals surface area (Å²) < 4.78 is 37.1. The van der Waals surface area contributed by atoms with Crippen LogP contribution in [0.25, 0.3) is 0 Å². The van der Waals surface area contributed by atoms with Crippen LogP contribution in [-0.2, 0) is 15.8 Å². The summed E-state index contributed by atoms with van der Waals surface area (Å²) in [6.45, 7) is 3.54. The van der Waals surface area contributed by atoms with Gasteiger partial charge in [-0.3, -0.25) is 4.79 Å². The predicted molar refractivity (Wildman–Crippen MR) is 77.1 cm³/mol. The summed E-state index contributed by atoms with van der Waals surface area (Å²) in [5.41, 5.74) is 5.01. The van der Waals surface area contributed by atoms with E-state index in [1.54, 1.807) is 0 Å².